The first kappa shape index (κ1) is 17.5. The van der Waals surface area contributed by atoms with Gasteiger partial charge in [-0.25, -0.2) is 0 Å². The Bertz CT molecular complexity index is 684. The van der Waals surface area contributed by atoms with Crippen molar-refractivity contribution in [3.05, 3.63) is 65.7 Å². The zero-order valence-corrected chi connectivity index (χ0v) is 14.8. The van der Waals surface area contributed by atoms with Gasteiger partial charge in [-0.3, -0.25) is 4.79 Å². The zero-order chi connectivity index (χ0) is 17.6. The number of carbonyl (C=O) groups is 1. The van der Waals surface area contributed by atoms with Gasteiger partial charge in [0, 0.05) is 12.7 Å². The number of benzene rings is 2. The quantitative estimate of drug-likeness (QED) is 0.743. The van der Waals surface area contributed by atoms with Crippen LogP contribution in [0.3, 0.4) is 0 Å². The highest BCUT2D eigenvalue weighted by atomic mass is 16.5. The van der Waals surface area contributed by atoms with Crippen LogP contribution in [0.2, 0.25) is 0 Å². The summed E-state index contributed by atoms with van der Waals surface area (Å²) >= 11 is 0. The van der Waals surface area contributed by atoms with Gasteiger partial charge in [-0.05, 0) is 48.1 Å². The molecule has 0 aliphatic heterocycles. The molecule has 1 amide bonds. The van der Waals surface area contributed by atoms with Crippen molar-refractivity contribution in [3.63, 3.8) is 0 Å². The predicted molar refractivity (Wildman–Crippen MR) is 97.7 cm³/mol. The van der Waals surface area contributed by atoms with Gasteiger partial charge in [0.25, 0.3) is 5.91 Å². The average Bonchev–Trinajstić information content (AvgIpc) is 3.37. The summed E-state index contributed by atoms with van der Waals surface area (Å²) in [4.78, 5) is 12.7. The molecule has 4 nitrogen and oxygen atoms in total. The third kappa shape index (κ3) is 4.60. The van der Waals surface area contributed by atoms with Crippen molar-refractivity contribution in [3.8, 4) is 5.75 Å². The fourth-order valence-corrected chi connectivity index (χ4v) is 3.08. The van der Waals surface area contributed by atoms with E-state index in [0.29, 0.717) is 30.6 Å². The van der Waals surface area contributed by atoms with Crippen LogP contribution in [-0.4, -0.2) is 26.2 Å². The number of nitrogens with one attached hydrogen (secondary N) is 1. The number of amides is 1. The minimum atomic E-state index is -0.0450. The molecule has 0 bridgehead atoms. The lowest BCUT2D eigenvalue weighted by Crippen LogP contribution is -2.30. The molecule has 1 aliphatic rings. The number of ether oxygens (including phenoxy) is 2. The molecule has 132 valence electrons. The molecular formula is C21H25NO3. The molecule has 1 aliphatic carbocycles. The maximum absolute atomic E-state index is 12.7. The largest absolute Gasteiger partial charge is 0.491 e. The number of methoxy groups -OCH3 is 1. The zero-order valence-electron chi connectivity index (χ0n) is 14.8. The fraction of sp³-hybridized carbons (Fsp3) is 0.381. The maximum atomic E-state index is 12.7. The lowest BCUT2D eigenvalue weighted by atomic mass is 10.0. The second kappa shape index (κ2) is 8.17. The van der Waals surface area contributed by atoms with E-state index >= 15 is 0 Å². The Labute approximate surface area is 149 Å². The minimum absolute atomic E-state index is 0.0450. The van der Waals surface area contributed by atoms with Crippen molar-refractivity contribution >= 4 is 5.91 Å². The van der Waals surface area contributed by atoms with Crippen LogP contribution in [0.5, 0.6) is 5.75 Å². The molecule has 0 saturated heterocycles. The standard InChI is InChI=1S/C21H25NO3/c1-15-14-19(15)20(16-6-4-3-5-7-16)22-21(23)17-8-10-18(11-9-17)25-13-12-24-2/h3-11,15,19-20H,12-14H2,1-2H3,(H,22,23). The summed E-state index contributed by atoms with van der Waals surface area (Å²) in [6.07, 6.45) is 1.16. The smallest absolute Gasteiger partial charge is 0.251 e. The van der Waals surface area contributed by atoms with E-state index in [1.54, 1.807) is 19.2 Å². The van der Waals surface area contributed by atoms with Crippen LogP contribution >= 0.6 is 0 Å². The lowest BCUT2D eigenvalue weighted by molar-refractivity contribution is 0.0930. The molecule has 0 heterocycles. The normalized spacial score (nSPS) is 19.9. The van der Waals surface area contributed by atoms with Crippen LogP contribution in [0.25, 0.3) is 0 Å². The molecule has 25 heavy (non-hydrogen) atoms. The third-order valence-electron chi connectivity index (χ3n) is 4.72. The molecule has 1 fully saturated rings. The molecular weight excluding hydrogens is 314 g/mol. The summed E-state index contributed by atoms with van der Waals surface area (Å²) in [5, 5.41) is 3.21. The predicted octanol–water partition coefficient (Wildman–Crippen LogP) is 3.84. The van der Waals surface area contributed by atoms with E-state index in [0.717, 1.165) is 12.2 Å². The van der Waals surface area contributed by atoms with E-state index in [4.69, 9.17) is 9.47 Å². The van der Waals surface area contributed by atoms with Crippen molar-refractivity contribution < 1.29 is 14.3 Å². The first-order valence-electron chi connectivity index (χ1n) is 8.76. The van der Waals surface area contributed by atoms with Gasteiger partial charge in [0.15, 0.2) is 0 Å². The van der Waals surface area contributed by atoms with Gasteiger partial charge in [-0.2, -0.15) is 0 Å². The van der Waals surface area contributed by atoms with Gasteiger partial charge in [0.05, 0.1) is 12.6 Å². The molecule has 1 saturated carbocycles. The highest BCUT2D eigenvalue weighted by Gasteiger charge is 2.40. The van der Waals surface area contributed by atoms with E-state index in [2.05, 4.69) is 24.4 Å². The van der Waals surface area contributed by atoms with Crippen LogP contribution in [0.15, 0.2) is 54.6 Å². The van der Waals surface area contributed by atoms with E-state index < -0.39 is 0 Å². The summed E-state index contributed by atoms with van der Waals surface area (Å²) in [5.41, 5.74) is 1.82. The van der Waals surface area contributed by atoms with Crippen molar-refractivity contribution in [1.29, 1.82) is 0 Å². The van der Waals surface area contributed by atoms with Crippen LogP contribution in [-0.2, 0) is 4.74 Å². The summed E-state index contributed by atoms with van der Waals surface area (Å²) in [6.45, 7) is 3.27. The lowest BCUT2D eigenvalue weighted by Gasteiger charge is -2.19. The number of hydrogen-bond acceptors (Lipinski definition) is 3. The second-order valence-corrected chi connectivity index (χ2v) is 6.60. The van der Waals surface area contributed by atoms with Crippen molar-refractivity contribution in [1.82, 2.24) is 5.32 Å². The Balaban J connectivity index is 1.65. The maximum Gasteiger partial charge on any atom is 0.251 e. The van der Waals surface area contributed by atoms with Crippen LogP contribution in [0.1, 0.15) is 35.3 Å². The average molecular weight is 339 g/mol. The summed E-state index contributed by atoms with van der Waals surface area (Å²) < 4.78 is 10.5. The number of hydrogen-bond donors (Lipinski definition) is 1. The van der Waals surface area contributed by atoms with Gasteiger partial charge in [-0.1, -0.05) is 37.3 Å². The van der Waals surface area contributed by atoms with E-state index in [-0.39, 0.29) is 11.9 Å². The molecule has 1 N–H and O–H groups in total. The van der Waals surface area contributed by atoms with Crippen molar-refractivity contribution in [2.24, 2.45) is 11.8 Å². The molecule has 0 radical (unpaired) electrons. The monoisotopic (exact) mass is 339 g/mol. The molecule has 2 aromatic rings. The van der Waals surface area contributed by atoms with Crippen LogP contribution in [0, 0.1) is 11.8 Å². The molecule has 4 heteroatoms. The van der Waals surface area contributed by atoms with E-state index in [1.165, 1.54) is 5.56 Å². The van der Waals surface area contributed by atoms with E-state index in [1.807, 2.05) is 30.3 Å². The van der Waals surface area contributed by atoms with Gasteiger partial charge >= 0.3 is 0 Å². The SMILES string of the molecule is COCCOc1ccc(C(=O)NC(c2ccccc2)C2CC2C)cc1. The molecule has 3 unspecified atom stereocenters. The first-order valence-corrected chi connectivity index (χ1v) is 8.76. The Hall–Kier alpha value is -2.33. The summed E-state index contributed by atoms with van der Waals surface area (Å²) in [6, 6.07) is 17.5. The van der Waals surface area contributed by atoms with E-state index in [9.17, 15) is 4.79 Å². The van der Waals surface area contributed by atoms with Crippen molar-refractivity contribution in [2.45, 2.75) is 19.4 Å². The van der Waals surface area contributed by atoms with Crippen LogP contribution in [0.4, 0.5) is 0 Å². The first-order chi connectivity index (χ1) is 12.2. The van der Waals surface area contributed by atoms with Gasteiger partial charge in [0.2, 0.25) is 0 Å². The summed E-state index contributed by atoms with van der Waals surface area (Å²) in [7, 11) is 1.64. The number of rotatable bonds is 8. The fourth-order valence-electron chi connectivity index (χ4n) is 3.08. The van der Waals surface area contributed by atoms with Gasteiger partial charge < -0.3 is 14.8 Å². The van der Waals surface area contributed by atoms with Crippen molar-refractivity contribution in [2.75, 3.05) is 20.3 Å². The Morgan fingerprint density at radius 2 is 1.80 bits per heavy atom. The third-order valence-corrected chi connectivity index (χ3v) is 4.72. The minimum Gasteiger partial charge on any atom is -0.491 e. The molecule has 2 aromatic carbocycles. The highest BCUT2D eigenvalue weighted by molar-refractivity contribution is 5.94. The topological polar surface area (TPSA) is 47.6 Å². The van der Waals surface area contributed by atoms with Crippen LogP contribution < -0.4 is 10.1 Å². The second-order valence-electron chi connectivity index (χ2n) is 6.60. The van der Waals surface area contributed by atoms with Gasteiger partial charge in [-0.15, -0.1) is 0 Å². The molecule has 3 atom stereocenters. The van der Waals surface area contributed by atoms with Gasteiger partial charge in [0.1, 0.15) is 12.4 Å². The summed E-state index contributed by atoms with van der Waals surface area (Å²) in [5.74, 6) is 1.87. The highest BCUT2D eigenvalue weighted by Crippen LogP contribution is 2.47. The molecule has 0 aromatic heterocycles. The Morgan fingerprint density at radius 1 is 1.12 bits per heavy atom. The molecule has 3 rings (SSSR count). The Morgan fingerprint density at radius 3 is 2.40 bits per heavy atom. The Kier molecular flexibility index (Phi) is 5.71. The number of carbonyl (C=O) groups excluding carboxylic acids is 1. The molecule has 0 spiro atoms.